The molecule has 0 bridgehead atoms. The van der Waals surface area contributed by atoms with Crippen molar-refractivity contribution in [3.05, 3.63) is 29.3 Å². The molecular weight excluding hydrogens is 282 g/mol. The summed E-state index contributed by atoms with van der Waals surface area (Å²) in [6.07, 6.45) is 1.11. The van der Waals surface area contributed by atoms with Gasteiger partial charge in [-0.25, -0.2) is 0 Å². The summed E-state index contributed by atoms with van der Waals surface area (Å²) in [5.74, 6) is -1.68. The number of carbonyl (C=O) groups excluding carboxylic acids is 1. The molecule has 0 aliphatic carbocycles. The maximum Gasteiger partial charge on any atom is 0.308 e. The zero-order chi connectivity index (χ0) is 16.3. The summed E-state index contributed by atoms with van der Waals surface area (Å²) in [6, 6.07) is 5.85. The van der Waals surface area contributed by atoms with E-state index in [1.807, 2.05) is 32.0 Å². The first-order chi connectivity index (χ1) is 10.4. The number of ether oxygens (including phenoxy) is 1. The van der Waals surface area contributed by atoms with Crippen molar-refractivity contribution in [2.75, 3.05) is 18.1 Å². The topological polar surface area (TPSA) is 66.8 Å². The third-order valence-corrected chi connectivity index (χ3v) is 3.87. The lowest BCUT2D eigenvalue weighted by molar-refractivity contribution is -0.140. The molecule has 22 heavy (non-hydrogen) atoms. The van der Waals surface area contributed by atoms with E-state index in [1.165, 1.54) is 0 Å². The molecule has 2 rings (SSSR count). The van der Waals surface area contributed by atoms with Crippen molar-refractivity contribution in [1.82, 2.24) is 0 Å². The Morgan fingerprint density at radius 3 is 2.45 bits per heavy atom. The molecule has 1 aliphatic heterocycles. The van der Waals surface area contributed by atoms with E-state index in [1.54, 1.807) is 11.8 Å². The second-order valence-corrected chi connectivity index (χ2v) is 6.04. The van der Waals surface area contributed by atoms with Gasteiger partial charge in [-0.2, -0.15) is 0 Å². The fraction of sp³-hybridized carbons (Fsp3) is 0.529. The number of carboxylic acid groups (broad SMARTS) is 1. The van der Waals surface area contributed by atoms with E-state index in [2.05, 4.69) is 0 Å². The zero-order valence-electron chi connectivity index (χ0n) is 13.3. The van der Waals surface area contributed by atoms with Gasteiger partial charge in [0.15, 0.2) is 0 Å². The van der Waals surface area contributed by atoms with E-state index in [0.717, 1.165) is 23.2 Å². The summed E-state index contributed by atoms with van der Waals surface area (Å²) in [5.41, 5.74) is 2.83. The van der Waals surface area contributed by atoms with Crippen molar-refractivity contribution < 1.29 is 19.4 Å². The molecular formula is C17H23NO4. The number of amides is 1. The molecule has 1 fully saturated rings. The van der Waals surface area contributed by atoms with Crippen LogP contribution in [-0.4, -0.2) is 36.2 Å². The lowest BCUT2D eigenvalue weighted by atomic mass is 10.1. The maximum absolute atomic E-state index is 12.7. The first-order valence-electron chi connectivity index (χ1n) is 7.62. The van der Waals surface area contributed by atoms with Crippen molar-refractivity contribution >= 4 is 17.6 Å². The highest BCUT2D eigenvalue weighted by atomic mass is 16.5. The highest BCUT2D eigenvalue weighted by molar-refractivity contribution is 5.97. The van der Waals surface area contributed by atoms with Gasteiger partial charge in [-0.1, -0.05) is 13.0 Å². The van der Waals surface area contributed by atoms with Gasteiger partial charge >= 0.3 is 5.97 Å². The van der Waals surface area contributed by atoms with Crippen LogP contribution in [0.4, 0.5) is 5.69 Å². The smallest absolute Gasteiger partial charge is 0.308 e. The van der Waals surface area contributed by atoms with Crippen LogP contribution in [-0.2, 0) is 14.3 Å². The van der Waals surface area contributed by atoms with Gasteiger partial charge in [0.1, 0.15) is 6.10 Å². The number of carboxylic acids is 1. The van der Waals surface area contributed by atoms with Crippen molar-refractivity contribution in [3.8, 4) is 0 Å². The Bertz CT molecular complexity index is 544. The zero-order valence-corrected chi connectivity index (χ0v) is 13.3. The largest absolute Gasteiger partial charge is 0.481 e. The molecule has 0 saturated carbocycles. The monoisotopic (exact) mass is 305 g/mol. The number of aryl methyl sites for hydroxylation is 2. The predicted octanol–water partition coefficient (Wildman–Crippen LogP) is 2.54. The lowest BCUT2D eigenvalue weighted by Crippen LogP contribution is -2.42. The van der Waals surface area contributed by atoms with Crippen LogP contribution in [0, 0.1) is 19.8 Å². The Kier molecular flexibility index (Phi) is 5.19. The summed E-state index contributed by atoms with van der Waals surface area (Å²) in [4.78, 5) is 25.5. The van der Waals surface area contributed by atoms with Gasteiger partial charge in [-0.05, 0) is 49.9 Å². The summed E-state index contributed by atoms with van der Waals surface area (Å²) >= 11 is 0. The molecule has 1 aliphatic rings. The van der Waals surface area contributed by atoms with Crippen molar-refractivity contribution in [1.29, 1.82) is 0 Å². The third kappa shape index (κ3) is 3.85. The number of rotatable bonds is 5. The Balaban J connectivity index is 2.31. The molecule has 5 heteroatoms. The molecule has 0 spiro atoms. The number of hydrogen-bond donors (Lipinski definition) is 1. The van der Waals surface area contributed by atoms with Crippen LogP contribution in [0.25, 0.3) is 0 Å². The van der Waals surface area contributed by atoms with Crippen LogP contribution in [0.15, 0.2) is 18.2 Å². The van der Waals surface area contributed by atoms with Crippen LogP contribution in [0.2, 0.25) is 0 Å². The van der Waals surface area contributed by atoms with Gasteiger partial charge in [0.05, 0.1) is 5.92 Å². The predicted molar refractivity (Wildman–Crippen MR) is 84.0 cm³/mol. The van der Waals surface area contributed by atoms with Crippen LogP contribution in [0.1, 0.15) is 30.9 Å². The SMILES string of the molecule is Cc1cc(C)cc(N(CC(C)C(=O)O)C(=O)C2CCCO2)c1. The molecule has 1 amide bonds. The van der Waals surface area contributed by atoms with E-state index in [9.17, 15) is 9.59 Å². The van der Waals surface area contributed by atoms with Crippen molar-refractivity contribution in [3.63, 3.8) is 0 Å². The van der Waals surface area contributed by atoms with Gasteiger partial charge in [0.2, 0.25) is 0 Å². The molecule has 1 N–H and O–H groups in total. The number of carbonyl (C=O) groups is 2. The normalized spacial score (nSPS) is 19.0. The molecule has 2 atom stereocenters. The fourth-order valence-corrected chi connectivity index (χ4v) is 2.73. The molecule has 0 aromatic heterocycles. The first kappa shape index (κ1) is 16.5. The van der Waals surface area contributed by atoms with Gasteiger partial charge in [-0.15, -0.1) is 0 Å². The Morgan fingerprint density at radius 2 is 1.95 bits per heavy atom. The Hall–Kier alpha value is -1.88. The van der Waals surface area contributed by atoms with Crippen molar-refractivity contribution in [2.45, 2.75) is 39.7 Å². The van der Waals surface area contributed by atoms with Gasteiger partial charge in [0, 0.05) is 18.8 Å². The second-order valence-electron chi connectivity index (χ2n) is 6.04. The summed E-state index contributed by atoms with van der Waals surface area (Å²) < 4.78 is 5.48. The Morgan fingerprint density at radius 1 is 1.32 bits per heavy atom. The fourth-order valence-electron chi connectivity index (χ4n) is 2.73. The van der Waals surface area contributed by atoms with E-state index in [0.29, 0.717) is 13.0 Å². The van der Waals surface area contributed by atoms with E-state index >= 15 is 0 Å². The number of nitrogens with zero attached hydrogens (tertiary/aromatic N) is 1. The van der Waals surface area contributed by atoms with Gasteiger partial charge in [0.25, 0.3) is 5.91 Å². The Labute approximate surface area is 130 Å². The number of aliphatic carboxylic acids is 1. The molecule has 1 aromatic rings. The van der Waals surface area contributed by atoms with Crippen LogP contribution in [0.5, 0.6) is 0 Å². The summed E-state index contributed by atoms with van der Waals surface area (Å²) in [5, 5.41) is 9.16. The van der Waals surface area contributed by atoms with Crippen LogP contribution >= 0.6 is 0 Å². The molecule has 1 aromatic carbocycles. The van der Waals surface area contributed by atoms with E-state index in [4.69, 9.17) is 9.84 Å². The maximum atomic E-state index is 12.7. The minimum atomic E-state index is -0.908. The number of benzene rings is 1. The molecule has 120 valence electrons. The quantitative estimate of drug-likeness (QED) is 0.908. The van der Waals surface area contributed by atoms with E-state index < -0.39 is 18.0 Å². The minimum Gasteiger partial charge on any atom is -0.481 e. The molecule has 2 unspecified atom stereocenters. The number of hydrogen-bond acceptors (Lipinski definition) is 3. The van der Waals surface area contributed by atoms with Gasteiger partial charge in [-0.3, -0.25) is 9.59 Å². The third-order valence-electron chi connectivity index (χ3n) is 3.87. The standard InChI is InChI=1S/C17H23NO4/c1-11-7-12(2)9-14(8-11)18(10-13(3)17(20)21)16(19)15-5-4-6-22-15/h7-9,13,15H,4-6,10H2,1-3H3,(H,20,21). The first-order valence-corrected chi connectivity index (χ1v) is 7.62. The van der Waals surface area contributed by atoms with Gasteiger partial charge < -0.3 is 14.7 Å². The van der Waals surface area contributed by atoms with Crippen molar-refractivity contribution in [2.24, 2.45) is 5.92 Å². The molecule has 0 radical (unpaired) electrons. The average molecular weight is 305 g/mol. The highest BCUT2D eigenvalue weighted by Crippen LogP contribution is 2.24. The second kappa shape index (κ2) is 6.92. The minimum absolute atomic E-state index is 0.143. The molecule has 1 heterocycles. The van der Waals surface area contributed by atoms with E-state index in [-0.39, 0.29) is 12.5 Å². The molecule has 1 saturated heterocycles. The highest BCUT2D eigenvalue weighted by Gasteiger charge is 2.31. The van der Waals surface area contributed by atoms with Crippen LogP contribution < -0.4 is 4.90 Å². The number of anilines is 1. The lowest BCUT2D eigenvalue weighted by Gasteiger charge is -2.27. The average Bonchev–Trinajstić information content (AvgIpc) is 2.96. The van der Waals surface area contributed by atoms with Crippen LogP contribution in [0.3, 0.4) is 0 Å². The summed E-state index contributed by atoms with van der Waals surface area (Å²) in [7, 11) is 0. The summed E-state index contributed by atoms with van der Waals surface area (Å²) in [6.45, 7) is 6.28. The molecule has 5 nitrogen and oxygen atoms in total.